The minimum atomic E-state index is -0.419. The van der Waals surface area contributed by atoms with E-state index in [1.54, 1.807) is 0 Å². The van der Waals surface area contributed by atoms with Gasteiger partial charge in [-0.3, -0.25) is 9.80 Å². The Morgan fingerprint density at radius 2 is 1.32 bits per heavy atom. The van der Waals surface area contributed by atoms with E-state index in [4.69, 9.17) is 9.47 Å². The highest BCUT2D eigenvalue weighted by Gasteiger charge is 2.33. The zero-order chi connectivity index (χ0) is 17.4. The topological polar surface area (TPSA) is 48.7 Å². The maximum Gasteiger partial charge on any atom is 0.0846 e. The molecule has 136 valence electrons. The number of ether oxygens (including phenoxy) is 2. The summed E-state index contributed by atoms with van der Waals surface area (Å²) < 4.78 is 10.9. The van der Waals surface area contributed by atoms with E-state index in [1.807, 2.05) is 18.2 Å². The van der Waals surface area contributed by atoms with Gasteiger partial charge in [-0.2, -0.15) is 5.26 Å². The lowest BCUT2D eigenvalue weighted by Crippen LogP contribution is -2.42. The van der Waals surface area contributed by atoms with E-state index in [9.17, 15) is 5.26 Å². The molecule has 1 aromatic rings. The average Bonchev–Trinajstić information content (AvgIpc) is 2.71. The molecular weight excluding hydrogens is 314 g/mol. The summed E-state index contributed by atoms with van der Waals surface area (Å²) in [4.78, 5) is 4.85. The highest BCUT2D eigenvalue weighted by atomic mass is 16.5. The summed E-state index contributed by atoms with van der Waals surface area (Å²) in [5.41, 5.74) is 0.733. The summed E-state index contributed by atoms with van der Waals surface area (Å²) in [6, 6.07) is 13.0. The Labute approximate surface area is 151 Å². The Balaban J connectivity index is 1.68. The van der Waals surface area contributed by atoms with Crippen LogP contribution in [0.4, 0.5) is 0 Å². The predicted octanol–water partition coefficient (Wildman–Crippen LogP) is 1.89. The van der Waals surface area contributed by atoms with Gasteiger partial charge in [0.15, 0.2) is 0 Å². The van der Waals surface area contributed by atoms with E-state index in [1.165, 1.54) is 0 Å². The quantitative estimate of drug-likeness (QED) is 0.757. The van der Waals surface area contributed by atoms with Crippen LogP contribution in [0.3, 0.4) is 0 Å². The second-order valence-corrected chi connectivity index (χ2v) is 6.97. The molecule has 1 aromatic carbocycles. The first-order valence-corrected chi connectivity index (χ1v) is 9.39. The fourth-order valence-corrected chi connectivity index (χ4v) is 3.69. The lowest BCUT2D eigenvalue weighted by Gasteiger charge is -2.35. The molecule has 3 rings (SSSR count). The monoisotopic (exact) mass is 343 g/mol. The van der Waals surface area contributed by atoms with Crippen LogP contribution in [0.15, 0.2) is 30.3 Å². The highest BCUT2D eigenvalue weighted by molar-refractivity contribution is 5.32. The van der Waals surface area contributed by atoms with Crippen LogP contribution in [0.25, 0.3) is 0 Å². The number of nitrogens with zero attached hydrogens (tertiary/aromatic N) is 3. The SMILES string of the molecule is N#CC(CCN1CCOCC1)(CCN1CCOCC1)c1ccccc1. The Kier molecular flexibility index (Phi) is 6.83. The molecule has 0 saturated carbocycles. The largest absolute Gasteiger partial charge is 0.379 e. The minimum Gasteiger partial charge on any atom is -0.379 e. The fraction of sp³-hybridized carbons (Fsp3) is 0.650. The van der Waals surface area contributed by atoms with Crippen LogP contribution >= 0.6 is 0 Å². The van der Waals surface area contributed by atoms with Crippen molar-refractivity contribution in [3.8, 4) is 6.07 Å². The molecule has 0 N–H and O–H groups in total. The maximum absolute atomic E-state index is 10.2. The van der Waals surface area contributed by atoms with E-state index in [0.29, 0.717) is 0 Å². The van der Waals surface area contributed by atoms with Crippen molar-refractivity contribution in [2.45, 2.75) is 18.3 Å². The van der Waals surface area contributed by atoms with Gasteiger partial charge in [0.2, 0.25) is 0 Å². The van der Waals surface area contributed by atoms with E-state index < -0.39 is 5.41 Å². The molecule has 0 spiro atoms. The lowest BCUT2D eigenvalue weighted by molar-refractivity contribution is 0.0303. The van der Waals surface area contributed by atoms with Crippen LogP contribution in [0.5, 0.6) is 0 Å². The van der Waals surface area contributed by atoms with Crippen molar-refractivity contribution in [2.75, 3.05) is 65.7 Å². The van der Waals surface area contributed by atoms with Gasteiger partial charge in [-0.15, -0.1) is 0 Å². The van der Waals surface area contributed by atoms with Gasteiger partial charge in [0.1, 0.15) is 0 Å². The number of rotatable bonds is 7. The first-order chi connectivity index (χ1) is 12.3. The molecule has 0 bridgehead atoms. The van der Waals surface area contributed by atoms with Crippen molar-refractivity contribution in [3.05, 3.63) is 35.9 Å². The number of hydrogen-bond donors (Lipinski definition) is 0. The minimum absolute atomic E-state index is 0.419. The summed E-state index contributed by atoms with van der Waals surface area (Å²) in [6.07, 6.45) is 1.75. The summed E-state index contributed by atoms with van der Waals surface area (Å²) >= 11 is 0. The molecule has 5 heteroatoms. The number of morpholine rings is 2. The zero-order valence-electron chi connectivity index (χ0n) is 15.0. The fourth-order valence-electron chi connectivity index (χ4n) is 3.69. The van der Waals surface area contributed by atoms with Crippen molar-refractivity contribution < 1.29 is 9.47 Å². The van der Waals surface area contributed by atoms with Crippen LogP contribution in [0.1, 0.15) is 18.4 Å². The third kappa shape index (κ3) is 5.02. The van der Waals surface area contributed by atoms with Crippen molar-refractivity contribution in [2.24, 2.45) is 0 Å². The summed E-state index contributed by atoms with van der Waals surface area (Å²) in [5, 5.41) is 10.2. The van der Waals surface area contributed by atoms with Crippen molar-refractivity contribution in [1.82, 2.24) is 9.80 Å². The van der Waals surface area contributed by atoms with Gasteiger partial charge in [-0.25, -0.2) is 0 Å². The molecule has 5 nitrogen and oxygen atoms in total. The second kappa shape index (κ2) is 9.30. The second-order valence-electron chi connectivity index (χ2n) is 6.97. The van der Waals surface area contributed by atoms with Crippen LogP contribution in [-0.4, -0.2) is 75.5 Å². The van der Waals surface area contributed by atoms with Gasteiger partial charge >= 0.3 is 0 Å². The van der Waals surface area contributed by atoms with E-state index in [2.05, 4.69) is 28.0 Å². The molecule has 25 heavy (non-hydrogen) atoms. The van der Waals surface area contributed by atoms with Crippen LogP contribution < -0.4 is 0 Å². The average molecular weight is 343 g/mol. The molecule has 0 aromatic heterocycles. The highest BCUT2D eigenvalue weighted by Crippen LogP contribution is 2.32. The zero-order valence-corrected chi connectivity index (χ0v) is 15.0. The van der Waals surface area contributed by atoms with Crippen molar-refractivity contribution in [1.29, 1.82) is 5.26 Å². The Hall–Kier alpha value is -1.45. The third-order valence-electron chi connectivity index (χ3n) is 5.46. The molecular formula is C20H29N3O2. The smallest absolute Gasteiger partial charge is 0.0846 e. The van der Waals surface area contributed by atoms with Crippen molar-refractivity contribution in [3.63, 3.8) is 0 Å². The van der Waals surface area contributed by atoms with Gasteiger partial charge in [0, 0.05) is 39.3 Å². The van der Waals surface area contributed by atoms with E-state index in [0.717, 1.165) is 84.1 Å². The summed E-state index contributed by atoms with van der Waals surface area (Å²) in [5.74, 6) is 0. The molecule has 2 saturated heterocycles. The molecule has 0 aliphatic carbocycles. The van der Waals surface area contributed by atoms with Gasteiger partial charge in [0.25, 0.3) is 0 Å². The summed E-state index contributed by atoms with van der Waals surface area (Å²) in [7, 11) is 0. The predicted molar refractivity (Wildman–Crippen MR) is 97.5 cm³/mol. The van der Waals surface area contributed by atoms with Gasteiger partial charge in [-0.05, 0) is 18.4 Å². The maximum atomic E-state index is 10.2. The van der Waals surface area contributed by atoms with Gasteiger partial charge < -0.3 is 9.47 Å². The van der Waals surface area contributed by atoms with Crippen LogP contribution in [-0.2, 0) is 14.9 Å². The molecule has 0 amide bonds. The Bertz CT molecular complexity index is 524. The molecule has 2 aliphatic heterocycles. The van der Waals surface area contributed by atoms with Gasteiger partial charge in [0.05, 0.1) is 37.9 Å². The van der Waals surface area contributed by atoms with Crippen LogP contribution in [0, 0.1) is 11.3 Å². The molecule has 2 fully saturated rings. The van der Waals surface area contributed by atoms with E-state index in [-0.39, 0.29) is 0 Å². The molecule has 2 aliphatic rings. The number of hydrogen-bond acceptors (Lipinski definition) is 5. The molecule has 0 atom stereocenters. The molecule has 0 unspecified atom stereocenters. The number of nitriles is 1. The Morgan fingerprint density at radius 1 is 0.840 bits per heavy atom. The summed E-state index contributed by atoms with van der Waals surface area (Å²) in [6.45, 7) is 9.01. The van der Waals surface area contributed by atoms with Gasteiger partial charge in [-0.1, -0.05) is 30.3 Å². The molecule has 2 heterocycles. The number of benzene rings is 1. The lowest BCUT2D eigenvalue weighted by atomic mass is 9.75. The van der Waals surface area contributed by atoms with Crippen molar-refractivity contribution >= 4 is 0 Å². The molecule has 0 radical (unpaired) electrons. The first kappa shape index (κ1) is 18.3. The third-order valence-corrected chi connectivity index (χ3v) is 5.46. The normalized spacial score (nSPS) is 20.3. The van der Waals surface area contributed by atoms with E-state index >= 15 is 0 Å². The Morgan fingerprint density at radius 3 is 1.76 bits per heavy atom. The van der Waals surface area contributed by atoms with Crippen LogP contribution in [0.2, 0.25) is 0 Å². The standard InChI is InChI=1S/C20H29N3O2/c21-18-20(19-4-2-1-3-5-19,6-8-22-10-14-24-15-11-22)7-9-23-12-16-25-17-13-23/h1-5H,6-17H2. The first-order valence-electron chi connectivity index (χ1n) is 9.39.